The van der Waals surface area contributed by atoms with E-state index in [9.17, 15) is 4.79 Å². The van der Waals surface area contributed by atoms with E-state index in [1.807, 2.05) is 25.1 Å². The summed E-state index contributed by atoms with van der Waals surface area (Å²) < 4.78 is 10.2. The third-order valence-electron chi connectivity index (χ3n) is 2.38. The maximum absolute atomic E-state index is 10.8. The van der Waals surface area contributed by atoms with Gasteiger partial charge in [0.05, 0.1) is 12.6 Å². The number of hydrogen-bond donors (Lipinski definition) is 1. The van der Waals surface area contributed by atoms with Crippen LogP contribution in [0.5, 0.6) is 11.6 Å². The first-order chi connectivity index (χ1) is 7.60. The van der Waals surface area contributed by atoms with Gasteiger partial charge in [-0.2, -0.15) is 0 Å². The number of ether oxygens (including phenoxy) is 2. The Bertz CT molecular complexity index is 542. The van der Waals surface area contributed by atoms with Crippen molar-refractivity contribution in [3.63, 3.8) is 0 Å². The van der Waals surface area contributed by atoms with Gasteiger partial charge < -0.3 is 14.5 Å². The van der Waals surface area contributed by atoms with Gasteiger partial charge in [0.1, 0.15) is 5.75 Å². The van der Waals surface area contributed by atoms with Crippen molar-refractivity contribution in [3.05, 3.63) is 23.8 Å². The van der Waals surface area contributed by atoms with Crippen molar-refractivity contribution in [2.24, 2.45) is 0 Å². The molecule has 16 heavy (non-hydrogen) atoms. The molecule has 0 fully saturated rings. The summed E-state index contributed by atoms with van der Waals surface area (Å²) in [7, 11) is 1.62. The summed E-state index contributed by atoms with van der Waals surface area (Å²) in [5.41, 5.74) is 1.97. The minimum absolute atomic E-state index is 0.337. The van der Waals surface area contributed by atoms with Crippen LogP contribution in [0.3, 0.4) is 0 Å². The van der Waals surface area contributed by atoms with Crippen molar-refractivity contribution in [3.8, 4) is 11.6 Å². The normalized spacial score (nSPS) is 10.4. The third kappa shape index (κ3) is 1.86. The Kier molecular flexibility index (Phi) is 2.56. The molecule has 0 bridgehead atoms. The lowest BCUT2D eigenvalue weighted by molar-refractivity contribution is -0.132. The molecule has 0 atom stereocenters. The highest BCUT2D eigenvalue weighted by atomic mass is 16.5. The standard InChI is InChI=1S/C12H13NO3/c1-7-4-9(15-3)5-11-10(7)6-12(13-11)16-8(2)14/h4-6,13H,1-3H3. The topological polar surface area (TPSA) is 51.3 Å². The molecule has 2 rings (SSSR count). The maximum Gasteiger partial charge on any atom is 0.309 e. The van der Waals surface area contributed by atoms with Gasteiger partial charge in [-0.05, 0) is 18.6 Å². The number of benzene rings is 1. The predicted molar refractivity (Wildman–Crippen MR) is 60.9 cm³/mol. The van der Waals surface area contributed by atoms with Crippen LogP contribution < -0.4 is 9.47 Å². The highest BCUT2D eigenvalue weighted by molar-refractivity contribution is 5.86. The van der Waals surface area contributed by atoms with Crippen LogP contribution in [-0.2, 0) is 4.79 Å². The molecule has 0 amide bonds. The zero-order valence-corrected chi connectivity index (χ0v) is 9.46. The van der Waals surface area contributed by atoms with Gasteiger partial charge in [0.15, 0.2) is 0 Å². The van der Waals surface area contributed by atoms with Crippen molar-refractivity contribution < 1.29 is 14.3 Å². The molecular weight excluding hydrogens is 206 g/mol. The number of carbonyl (C=O) groups is 1. The molecule has 4 nitrogen and oxygen atoms in total. The average Bonchev–Trinajstić information content (AvgIpc) is 2.59. The molecule has 0 aliphatic heterocycles. The van der Waals surface area contributed by atoms with Gasteiger partial charge in [-0.3, -0.25) is 4.79 Å². The van der Waals surface area contributed by atoms with E-state index in [4.69, 9.17) is 9.47 Å². The van der Waals surface area contributed by atoms with Crippen LogP contribution in [0.25, 0.3) is 10.9 Å². The number of aromatic nitrogens is 1. The first-order valence-electron chi connectivity index (χ1n) is 4.96. The second kappa shape index (κ2) is 3.89. The van der Waals surface area contributed by atoms with Crippen molar-refractivity contribution in [2.75, 3.05) is 7.11 Å². The second-order valence-corrected chi connectivity index (χ2v) is 3.63. The first kappa shape index (κ1) is 10.5. The molecule has 0 saturated heterocycles. The number of H-pyrrole nitrogens is 1. The summed E-state index contributed by atoms with van der Waals surface area (Å²) in [4.78, 5) is 13.9. The minimum Gasteiger partial charge on any atom is -0.497 e. The summed E-state index contributed by atoms with van der Waals surface area (Å²) in [6.07, 6.45) is 0. The van der Waals surface area contributed by atoms with Crippen LogP contribution in [0.4, 0.5) is 0 Å². The highest BCUT2D eigenvalue weighted by Crippen LogP contribution is 2.28. The van der Waals surface area contributed by atoms with E-state index in [1.165, 1.54) is 6.92 Å². The molecule has 84 valence electrons. The molecule has 0 aliphatic rings. The van der Waals surface area contributed by atoms with Gasteiger partial charge in [-0.25, -0.2) is 0 Å². The van der Waals surface area contributed by atoms with Crippen molar-refractivity contribution in [1.82, 2.24) is 4.98 Å². The molecule has 1 heterocycles. The number of nitrogens with one attached hydrogen (secondary N) is 1. The Morgan fingerprint density at radius 2 is 2.06 bits per heavy atom. The van der Waals surface area contributed by atoms with E-state index in [0.29, 0.717) is 5.88 Å². The number of carbonyl (C=O) groups excluding carboxylic acids is 1. The molecule has 1 aromatic carbocycles. The Hall–Kier alpha value is -1.97. The van der Waals surface area contributed by atoms with Crippen molar-refractivity contribution >= 4 is 16.9 Å². The summed E-state index contributed by atoms with van der Waals surface area (Å²) in [6.45, 7) is 3.36. The molecule has 2 aromatic rings. The van der Waals surface area contributed by atoms with E-state index in [2.05, 4.69) is 4.98 Å². The van der Waals surface area contributed by atoms with Crippen LogP contribution in [-0.4, -0.2) is 18.1 Å². The fourth-order valence-electron chi connectivity index (χ4n) is 1.69. The number of fused-ring (bicyclic) bond motifs is 1. The number of rotatable bonds is 2. The summed E-state index contributed by atoms with van der Waals surface area (Å²) in [5, 5.41) is 1.03. The maximum atomic E-state index is 10.8. The van der Waals surface area contributed by atoms with Crippen molar-refractivity contribution in [2.45, 2.75) is 13.8 Å². The Morgan fingerprint density at radius 1 is 1.31 bits per heavy atom. The molecule has 0 aliphatic carbocycles. The Labute approximate surface area is 93.2 Å². The highest BCUT2D eigenvalue weighted by Gasteiger charge is 2.07. The molecule has 1 aromatic heterocycles. The number of aryl methyl sites for hydroxylation is 1. The Balaban J connectivity index is 2.52. The van der Waals surface area contributed by atoms with Crippen LogP contribution in [0.1, 0.15) is 12.5 Å². The third-order valence-corrected chi connectivity index (χ3v) is 2.38. The largest absolute Gasteiger partial charge is 0.497 e. The minimum atomic E-state index is -0.337. The lowest BCUT2D eigenvalue weighted by Gasteiger charge is -2.01. The van der Waals surface area contributed by atoms with E-state index >= 15 is 0 Å². The van der Waals surface area contributed by atoms with Crippen LogP contribution in [0.2, 0.25) is 0 Å². The van der Waals surface area contributed by atoms with Crippen LogP contribution in [0, 0.1) is 6.92 Å². The zero-order chi connectivity index (χ0) is 11.7. The van der Waals surface area contributed by atoms with Gasteiger partial charge in [0, 0.05) is 24.4 Å². The van der Waals surface area contributed by atoms with Crippen LogP contribution in [0.15, 0.2) is 18.2 Å². The average molecular weight is 219 g/mol. The lowest BCUT2D eigenvalue weighted by Crippen LogP contribution is -2.00. The Morgan fingerprint density at radius 3 is 2.69 bits per heavy atom. The number of methoxy groups -OCH3 is 1. The fraction of sp³-hybridized carbons (Fsp3) is 0.250. The quantitative estimate of drug-likeness (QED) is 0.789. The molecule has 4 heteroatoms. The molecule has 0 radical (unpaired) electrons. The number of esters is 1. The summed E-state index contributed by atoms with van der Waals surface area (Å²) in [6, 6.07) is 5.62. The predicted octanol–water partition coefficient (Wildman–Crippen LogP) is 2.41. The molecule has 0 unspecified atom stereocenters. The number of hydrogen-bond acceptors (Lipinski definition) is 3. The van der Waals surface area contributed by atoms with Gasteiger partial charge in [-0.15, -0.1) is 0 Å². The van der Waals surface area contributed by atoms with E-state index in [0.717, 1.165) is 22.2 Å². The second-order valence-electron chi connectivity index (χ2n) is 3.63. The van der Waals surface area contributed by atoms with E-state index < -0.39 is 0 Å². The van der Waals surface area contributed by atoms with Crippen LogP contribution >= 0.6 is 0 Å². The van der Waals surface area contributed by atoms with E-state index in [-0.39, 0.29) is 5.97 Å². The fourth-order valence-corrected chi connectivity index (χ4v) is 1.69. The lowest BCUT2D eigenvalue weighted by atomic mass is 10.1. The molecule has 0 spiro atoms. The summed E-state index contributed by atoms with van der Waals surface area (Å²) in [5.74, 6) is 0.899. The molecule has 1 N–H and O–H groups in total. The smallest absolute Gasteiger partial charge is 0.309 e. The molecule has 0 saturated carbocycles. The van der Waals surface area contributed by atoms with Gasteiger partial charge in [0.2, 0.25) is 5.88 Å². The van der Waals surface area contributed by atoms with Gasteiger partial charge >= 0.3 is 5.97 Å². The van der Waals surface area contributed by atoms with Crippen molar-refractivity contribution in [1.29, 1.82) is 0 Å². The summed E-state index contributed by atoms with van der Waals surface area (Å²) >= 11 is 0. The van der Waals surface area contributed by atoms with Gasteiger partial charge in [-0.1, -0.05) is 0 Å². The first-order valence-corrected chi connectivity index (χ1v) is 4.96. The SMILES string of the molecule is COc1cc(C)c2cc(OC(C)=O)[nH]c2c1. The van der Waals surface area contributed by atoms with Gasteiger partial charge in [0.25, 0.3) is 0 Å². The zero-order valence-electron chi connectivity index (χ0n) is 9.46. The number of aromatic amines is 1. The molecular formula is C12H13NO3. The van der Waals surface area contributed by atoms with E-state index in [1.54, 1.807) is 7.11 Å². The monoisotopic (exact) mass is 219 g/mol.